The van der Waals surface area contributed by atoms with Crippen molar-refractivity contribution in [3.8, 4) is 0 Å². The summed E-state index contributed by atoms with van der Waals surface area (Å²) >= 11 is 0. The van der Waals surface area contributed by atoms with E-state index in [0.717, 1.165) is 6.26 Å². The number of halogens is 1. The molecule has 5 nitrogen and oxygen atoms in total. The molecule has 0 aromatic heterocycles. The number of hydrogen-bond donors (Lipinski definition) is 3. The van der Waals surface area contributed by atoms with Crippen molar-refractivity contribution in [1.29, 1.82) is 0 Å². The molecule has 1 saturated carbocycles. The highest BCUT2D eigenvalue weighted by Gasteiger charge is 2.42. The molecule has 0 aliphatic heterocycles. The molecule has 0 heterocycles. The summed E-state index contributed by atoms with van der Waals surface area (Å²) in [5.41, 5.74) is 4.02. The first-order valence-electron chi connectivity index (χ1n) is 4.59. The molecular formula is C8H18ClNO4S. The van der Waals surface area contributed by atoms with E-state index in [9.17, 15) is 18.6 Å². The maximum atomic E-state index is 11.2. The van der Waals surface area contributed by atoms with Gasteiger partial charge in [0, 0.05) is 12.8 Å². The third-order valence-corrected chi connectivity index (χ3v) is 4.60. The zero-order chi connectivity index (χ0) is 11.0. The van der Waals surface area contributed by atoms with Gasteiger partial charge in [0.2, 0.25) is 0 Å². The molecule has 7 heteroatoms. The first-order valence-corrected chi connectivity index (χ1v) is 6.54. The van der Waals surface area contributed by atoms with Crippen molar-refractivity contribution in [2.45, 2.75) is 36.2 Å². The molecule has 3 atom stereocenters. The van der Waals surface area contributed by atoms with Gasteiger partial charge in [0.1, 0.15) is 15.4 Å². The van der Waals surface area contributed by atoms with Crippen molar-refractivity contribution >= 4 is 22.2 Å². The fraction of sp³-hybridized carbons (Fsp3) is 1.00. The zero-order valence-electron chi connectivity index (χ0n) is 8.59. The molecule has 92 valence electrons. The van der Waals surface area contributed by atoms with E-state index in [4.69, 9.17) is 5.73 Å². The zero-order valence-corrected chi connectivity index (χ0v) is 10.2. The second kappa shape index (κ2) is 4.97. The van der Waals surface area contributed by atoms with Gasteiger partial charge in [-0.2, -0.15) is 0 Å². The Labute approximate surface area is 96.0 Å². The summed E-state index contributed by atoms with van der Waals surface area (Å²) in [6.07, 6.45) is 0.788. The van der Waals surface area contributed by atoms with Crippen LogP contribution in [0.15, 0.2) is 0 Å². The second-order valence-corrected chi connectivity index (χ2v) is 6.38. The molecule has 1 rings (SSSR count). The molecule has 0 amide bonds. The average Bonchev–Trinajstić information content (AvgIpc) is 2.08. The lowest BCUT2D eigenvalue weighted by molar-refractivity contribution is -0.0915. The molecule has 0 aromatic rings. The van der Waals surface area contributed by atoms with E-state index in [1.807, 2.05) is 0 Å². The summed E-state index contributed by atoms with van der Waals surface area (Å²) < 4.78 is 22.4. The van der Waals surface area contributed by atoms with E-state index in [0.29, 0.717) is 6.42 Å². The minimum absolute atomic E-state index is 0. The summed E-state index contributed by atoms with van der Waals surface area (Å²) in [6.45, 7) is -0.0371. The Kier molecular flexibility index (Phi) is 5.01. The van der Waals surface area contributed by atoms with E-state index in [1.54, 1.807) is 0 Å². The largest absolute Gasteiger partial charge is 0.390 e. The molecule has 0 aromatic carbocycles. The van der Waals surface area contributed by atoms with Gasteiger partial charge < -0.3 is 15.9 Å². The fourth-order valence-corrected chi connectivity index (χ4v) is 2.87. The molecule has 0 radical (unpaired) electrons. The van der Waals surface area contributed by atoms with Crippen molar-refractivity contribution in [2.75, 3.05) is 12.8 Å². The fourth-order valence-electron chi connectivity index (χ4n) is 1.79. The van der Waals surface area contributed by atoms with Crippen LogP contribution in [-0.4, -0.2) is 48.4 Å². The lowest BCUT2D eigenvalue weighted by atomic mass is 9.82. The first-order chi connectivity index (χ1) is 6.29. The van der Waals surface area contributed by atoms with Crippen LogP contribution in [0.2, 0.25) is 0 Å². The van der Waals surface area contributed by atoms with Crippen LogP contribution < -0.4 is 5.73 Å². The molecule has 1 fully saturated rings. The smallest absolute Gasteiger partial charge is 0.150 e. The predicted octanol–water partition coefficient (Wildman–Crippen LogP) is -0.944. The maximum Gasteiger partial charge on any atom is 0.150 e. The van der Waals surface area contributed by atoms with E-state index >= 15 is 0 Å². The quantitative estimate of drug-likeness (QED) is 0.594. The Morgan fingerprint density at radius 3 is 2.40 bits per heavy atom. The Morgan fingerprint density at radius 1 is 1.53 bits per heavy atom. The van der Waals surface area contributed by atoms with Gasteiger partial charge in [-0.3, -0.25) is 0 Å². The molecule has 15 heavy (non-hydrogen) atoms. The maximum absolute atomic E-state index is 11.2. The normalized spacial score (nSPS) is 37.1. The Morgan fingerprint density at radius 2 is 2.07 bits per heavy atom. The highest BCUT2D eigenvalue weighted by molar-refractivity contribution is 7.91. The van der Waals surface area contributed by atoms with E-state index in [-0.39, 0.29) is 31.8 Å². The van der Waals surface area contributed by atoms with Gasteiger partial charge in [0.05, 0.1) is 11.4 Å². The molecule has 1 aliphatic carbocycles. The van der Waals surface area contributed by atoms with Crippen molar-refractivity contribution < 1.29 is 18.6 Å². The molecule has 0 saturated heterocycles. The molecule has 3 unspecified atom stereocenters. The number of aliphatic hydroxyl groups is 2. The van der Waals surface area contributed by atoms with E-state index < -0.39 is 26.8 Å². The summed E-state index contributed by atoms with van der Waals surface area (Å²) in [5, 5.41) is 18.8. The van der Waals surface area contributed by atoms with Crippen molar-refractivity contribution in [3.05, 3.63) is 0 Å². The summed E-state index contributed by atoms with van der Waals surface area (Å²) in [4.78, 5) is 0. The minimum atomic E-state index is -3.13. The van der Waals surface area contributed by atoms with Gasteiger partial charge in [-0.05, 0) is 19.3 Å². The van der Waals surface area contributed by atoms with Crippen molar-refractivity contribution in [1.82, 2.24) is 0 Å². The summed E-state index contributed by atoms with van der Waals surface area (Å²) in [5.74, 6) is 0. The predicted molar refractivity (Wildman–Crippen MR) is 59.7 cm³/mol. The highest BCUT2D eigenvalue weighted by Crippen LogP contribution is 2.31. The Bertz CT molecular complexity index is 308. The van der Waals surface area contributed by atoms with Gasteiger partial charge in [-0.15, -0.1) is 12.4 Å². The molecule has 1 aliphatic rings. The standard InChI is InChI=1S/C8H17NO4S.ClH/c1-14(12,13)6-2-3-8(11,5-9)7(10)4-6;/h6-7,10-11H,2-5,9H2,1H3;1H. The number of sulfone groups is 1. The molecular weight excluding hydrogens is 242 g/mol. The summed E-state index contributed by atoms with van der Waals surface area (Å²) in [7, 11) is -3.13. The minimum Gasteiger partial charge on any atom is -0.390 e. The number of aliphatic hydroxyl groups excluding tert-OH is 1. The van der Waals surface area contributed by atoms with Crippen LogP contribution in [0.1, 0.15) is 19.3 Å². The van der Waals surface area contributed by atoms with Gasteiger partial charge >= 0.3 is 0 Å². The Hall–Kier alpha value is 0.120. The summed E-state index contributed by atoms with van der Waals surface area (Å²) in [6, 6.07) is 0. The van der Waals surface area contributed by atoms with Crippen LogP contribution in [0.25, 0.3) is 0 Å². The van der Waals surface area contributed by atoms with Gasteiger partial charge in [-0.1, -0.05) is 0 Å². The first kappa shape index (κ1) is 15.1. The molecule has 0 bridgehead atoms. The highest BCUT2D eigenvalue weighted by atomic mass is 35.5. The third kappa shape index (κ3) is 3.29. The lowest BCUT2D eigenvalue weighted by Gasteiger charge is -2.38. The lowest BCUT2D eigenvalue weighted by Crippen LogP contribution is -2.54. The monoisotopic (exact) mass is 259 g/mol. The number of hydrogen-bond acceptors (Lipinski definition) is 5. The van der Waals surface area contributed by atoms with Gasteiger partial charge in [-0.25, -0.2) is 8.42 Å². The Balaban J connectivity index is 0.00000196. The third-order valence-electron chi connectivity index (χ3n) is 2.96. The topological polar surface area (TPSA) is 101 Å². The molecule has 0 spiro atoms. The van der Waals surface area contributed by atoms with E-state index in [1.165, 1.54) is 0 Å². The SMILES string of the molecule is CS(=O)(=O)C1CCC(O)(CN)C(O)C1.Cl. The van der Waals surface area contributed by atoms with Crippen LogP contribution in [-0.2, 0) is 9.84 Å². The van der Waals surface area contributed by atoms with Crippen LogP contribution in [0.4, 0.5) is 0 Å². The number of nitrogens with two attached hydrogens (primary N) is 1. The van der Waals surface area contributed by atoms with Crippen LogP contribution in [0.5, 0.6) is 0 Å². The number of rotatable bonds is 2. The van der Waals surface area contributed by atoms with Crippen LogP contribution in [0.3, 0.4) is 0 Å². The van der Waals surface area contributed by atoms with E-state index in [2.05, 4.69) is 0 Å². The van der Waals surface area contributed by atoms with Gasteiger partial charge in [0.15, 0.2) is 0 Å². The molecule has 4 N–H and O–H groups in total. The van der Waals surface area contributed by atoms with Crippen LogP contribution in [0, 0.1) is 0 Å². The second-order valence-electron chi connectivity index (χ2n) is 4.05. The van der Waals surface area contributed by atoms with Crippen LogP contribution >= 0.6 is 12.4 Å². The van der Waals surface area contributed by atoms with Crippen molar-refractivity contribution in [3.63, 3.8) is 0 Å². The average molecular weight is 260 g/mol. The van der Waals surface area contributed by atoms with Crippen molar-refractivity contribution in [2.24, 2.45) is 5.73 Å². The van der Waals surface area contributed by atoms with Gasteiger partial charge in [0.25, 0.3) is 0 Å².